The zero-order valence-electron chi connectivity index (χ0n) is 13.0. The molecule has 2 aliphatic heterocycles. The van der Waals surface area contributed by atoms with E-state index in [9.17, 15) is 9.90 Å². The summed E-state index contributed by atoms with van der Waals surface area (Å²) in [4.78, 5) is 14.4. The number of carbonyl (C=O) groups excluding carboxylic acids is 1. The zero-order valence-corrected chi connectivity index (χ0v) is 13.0. The molecule has 1 N–H and O–H groups in total. The highest BCUT2D eigenvalue weighted by Gasteiger charge is 2.44. The molecule has 3 rings (SSSR count). The predicted octanol–water partition coefficient (Wildman–Crippen LogP) is 1.84. The maximum Gasteiger partial charge on any atom is 0.253 e. The van der Waals surface area contributed by atoms with Gasteiger partial charge in [-0.05, 0) is 49.9 Å². The molecule has 1 spiro atoms. The van der Waals surface area contributed by atoms with Crippen molar-refractivity contribution in [2.24, 2.45) is 0 Å². The first-order chi connectivity index (χ1) is 10.6. The van der Waals surface area contributed by atoms with Crippen LogP contribution in [0.4, 0.5) is 0 Å². The molecule has 0 saturated carbocycles. The monoisotopic (exact) mass is 305 g/mol. The Morgan fingerprint density at radius 3 is 2.59 bits per heavy atom. The Balaban J connectivity index is 1.64. The summed E-state index contributed by atoms with van der Waals surface area (Å²) < 4.78 is 11.0. The topological polar surface area (TPSA) is 59.0 Å². The molecule has 0 bridgehead atoms. The molecule has 1 aromatic rings. The maximum atomic E-state index is 12.5. The third-order valence-electron chi connectivity index (χ3n) is 4.85. The second-order valence-electron chi connectivity index (χ2n) is 6.09. The summed E-state index contributed by atoms with van der Waals surface area (Å²) in [6, 6.07) is 7.17. The van der Waals surface area contributed by atoms with Gasteiger partial charge in [-0.2, -0.15) is 0 Å². The van der Waals surface area contributed by atoms with E-state index in [4.69, 9.17) is 9.47 Å². The number of amides is 1. The molecular weight excluding hydrogens is 282 g/mol. The first-order valence-electron chi connectivity index (χ1n) is 7.90. The van der Waals surface area contributed by atoms with Gasteiger partial charge in [-0.15, -0.1) is 0 Å². The number of likely N-dealkylation sites (tertiary alicyclic amines) is 1. The fourth-order valence-electron chi connectivity index (χ4n) is 3.39. The summed E-state index contributed by atoms with van der Waals surface area (Å²) in [5.41, 5.74) is 0.233. The third-order valence-corrected chi connectivity index (χ3v) is 4.85. The average molecular weight is 305 g/mol. The molecule has 1 atom stereocenters. The van der Waals surface area contributed by atoms with Crippen LogP contribution in [0.3, 0.4) is 0 Å². The molecule has 120 valence electrons. The molecule has 2 saturated heterocycles. The number of aliphatic hydroxyl groups is 1. The molecule has 0 aliphatic carbocycles. The van der Waals surface area contributed by atoms with Crippen LogP contribution in [-0.2, 0) is 4.74 Å². The molecule has 2 heterocycles. The van der Waals surface area contributed by atoms with Gasteiger partial charge < -0.3 is 19.5 Å². The van der Waals surface area contributed by atoms with Crippen LogP contribution in [0.5, 0.6) is 5.75 Å². The Morgan fingerprint density at radius 2 is 2.00 bits per heavy atom. The van der Waals surface area contributed by atoms with E-state index in [1.165, 1.54) is 0 Å². The molecule has 0 aromatic heterocycles. The number of nitrogens with zero attached hydrogens (tertiary/aromatic N) is 1. The van der Waals surface area contributed by atoms with Gasteiger partial charge >= 0.3 is 0 Å². The first kappa shape index (κ1) is 15.3. The molecule has 5 nitrogen and oxygen atoms in total. The summed E-state index contributed by atoms with van der Waals surface area (Å²) in [5, 5.41) is 10.2. The third kappa shape index (κ3) is 2.83. The predicted molar refractivity (Wildman–Crippen MR) is 82.1 cm³/mol. The lowest BCUT2D eigenvalue weighted by molar-refractivity contribution is -0.174. The van der Waals surface area contributed by atoms with Crippen molar-refractivity contribution in [1.29, 1.82) is 0 Å². The van der Waals surface area contributed by atoms with Gasteiger partial charge in [-0.1, -0.05) is 0 Å². The Morgan fingerprint density at radius 1 is 1.32 bits per heavy atom. The quantitative estimate of drug-likeness (QED) is 0.906. The van der Waals surface area contributed by atoms with Crippen LogP contribution < -0.4 is 4.74 Å². The highest BCUT2D eigenvalue weighted by Crippen LogP contribution is 2.35. The van der Waals surface area contributed by atoms with Gasteiger partial charge in [0.1, 0.15) is 5.75 Å². The fourth-order valence-corrected chi connectivity index (χ4v) is 3.39. The maximum absolute atomic E-state index is 12.5. The molecular formula is C17H23NO4. The molecule has 5 heteroatoms. The van der Waals surface area contributed by atoms with Crippen molar-refractivity contribution in [1.82, 2.24) is 4.90 Å². The Kier molecular flexibility index (Phi) is 4.36. The number of hydrogen-bond acceptors (Lipinski definition) is 4. The van der Waals surface area contributed by atoms with Crippen LogP contribution in [0.1, 0.15) is 36.0 Å². The van der Waals surface area contributed by atoms with Crippen LogP contribution in [0.15, 0.2) is 24.3 Å². The van der Waals surface area contributed by atoms with E-state index < -0.39 is 11.7 Å². The van der Waals surface area contributed by atoms with E-state index >= 15 is 0 Å². The Hall–Kier alpha value is -1.59. The minimum absolute atomic E-state index is 0.0304. The van der Waals surface area contributed by atoms with Gasteiger partial charge in [0.05, 0.1) is 18.8 Å². The van der Waals surface area contributed by atoms with Gasteiger partial charge in [0, 0.05) is 25.3 Å². The molecule has 22 heavy (non-hydrogen) atoms. The second-order valence-corrected chi connectivity index (χ2v) is 6.09. The van der Waals surface area contributed by atoms with Crippen LogP contribution in [0, 0.1) is 0 Å². The number of aliphatic hydroxyl groups excluding tert-OH is 1. The molecule has 1 aromatic carbocycles. The van der Waals surface area contributed by atoms with Crippen molar-refractivity contribution < 1.29 is 19.4 Å². The molecule has 0 radical (unpaired) electrons. The van der Waals surface area contributed by atoms with Crippen LogP contribution in [0.25, 0.3) is 0 Å². The van der Waals surface area contributed by atoms with Crippen molar-refractivity contribution >= 4 is 5.91 Å². The fraction of sp³-hybridized carbons (Fsp3) is 0.588. The van der Waals surface area contributed by atoms with Crippen LogP contribution >= 0.6 is 0 Å². The number of ether oxygens (including phenoxy) is 2. The highest BCUT2D eigenvalue weighted by atomic mass is 16.5. The van der Waals surface area contributed by atoms with Crippen molar-refractivity contribution in [3.63, 3.8) is 0 Å². The number of hydrogen-bond donors (Lipinski definition) is 1. The Labute approximate surface area is 130 Å². The first-order valence-corrected chi connectivity index (χ1v) is 7.90. The second kappa shape index (κ2) is 6.26. The van der Waals surface area contributed by atoms with Crippen molar-refractivity contribution in [3.8, 4) is 5.75 Å². The number of carbonyl (C=O) groups is 1. The molecule has 2 aliphatic rings. The van der Waals surface area contributed by atoms with E-state index in [-0.39, 0.29) is 5.91 Å². The zero-order chi connectivity index (χ0) is 15.6. The SMILES string of the molecule is COc1ccc(C(=O)N2CCC3(CC2)OCCCC3O)cc1. The summed E-state index contributed by atoms with van der Waals surface area (Å²) in [5.74, 6) is 0.774. The van der Waals surface area contributed by atoms with Gasteiger partial charge in [0.25, 0.3) is 5.91 Å². The lowest BCUT2D eigenvalue weighted by atomic mass is 9.82. The van der Waals surface area contributed by atoms with Crippen LogP contribution in [-0.4, -0.2) is 54.4 Å². The summed E-state index contributed by atoms with van der Waals surface area (Å²) in [7, 11) is 1.61. The lowest BCUT2D eigenvalue weighted by Crippen LogP contribution is -2.56. The van der Waals surface area contributed by atoms with Gasteiger partial charge in [0.2, 0.25) is 0 Å². The van der Waals surface area contributed by atoms with Gasteiger partial charge in [-0.25, -0.2) is 0 Å². The summed E-state index contributed by atoms with van der Waals surface area (Å²) in [6.07, 6.45) is 2.72. The molecule has 1 unspecified atom stereocenters. The minimum atomic E-state index is -0.436. The van der Waals surface area contributed by atoms with Crippen molar-refractivity contribution in [2.75, 3.05) is 26.8 Å². The lowest BCUT2D eigenvalue weighted by Gasteiger charge is -2.46. The van der Waals surface area contributed by atoms with E-state index in [1.807, 2.05) is 4.90 Å². The number of benzene rings is 1. The Bertz CT molecular complexity index is 520. The van der Waals surface area contributed by atoms with Crippen molar-refractivity contribution in [2.45, 2.75) is 37.4 Å². The van der Waals surface area contributed by atoms with E-state index in [0.717, 1.165) is 18.6 Å². The number of rotatable bonds is 2. The van der Waals surface area contributed by atoms with Crippen molar-refractivity contribution in [3.05, 3.63) is 29.8 Å². The van der Waals surface area contributed by atoms with E-state index in [1.54, 1.807) is 31.4 Å². The number of methoxy groups -OCH3 is 1. The normalized spacial score (nSPS) is 24.3. The standard InChI is InChI=1S/C17H23NO4/c1-21-14-6-4-13(5-7-14)16(20)18-10-8-17(9-11-18)15(19)3-2-12-22-17/h4-7,15,19H,2-3,8-12H2,1H3. The highest BCUT2D eigenvalue weighted by molar-refractivity contribution is 5.94. The van der Waals surface area contributed by atoms with Gasteiger partial charge in [-0.3, -0.25) is 4.79 Å². The molecule has 2 fully saturated rings. The summed E-state index contributed by atoms with van der Waals surface area (Å²) in [6.45, 7) is 1.97. The smallest absolute Gasteiger partial charge is 0.253 e. The average Bonchev–Trinajstić information content (AvgIpc) is 2.58. The largest absolute Gasteiger partial charge is 0.497 e. The van der Waals surface area contributed by atoms with E-state index in [2.05, 4.69) is 0 Å². The minimum Gasteiger partial charge on any atom is -0.497 e. The molecule has 1 amide bonds. The number of piperidine rings is 1. The van der Waals surface area contributed by atoms with E-state index in [0.29, 0.717) is 38.1 Å². The van der Waals surface area contributed by atoms with Crippen LogP contribution in [0.2, 0.25) is 0 Å². The summed E-state index contributed by atoms with van der Waals surface area (Å²) >= 11 is 0. The van der Waals surface area contributed by atoms with Gasteiger partial charge in [0.15, 0.2) is 0 Å².